The van der Waals surface area contributed by atoms with E-state index in [0.29, 0.717) is 0 Å². The van der Waals surface area contributed by atoms with Crippen LogP contribution in [0.5, 0.6) is 0 Å². The van der Waals surface area contributed by atoms with E-state index in [2.05, 4.69) is 0 Å². The normalized spacial score (nSPS) is 12.3. The van der Waals surface area contributed by atoms with Gasteiger partial charge in [0.1, 0.15) is 0 Å². The molecule has 0 rings (SSSR count). The van der Waals surface area contributed by atoms with Crippen LogP contribution in [0.1, 0.15) is 25.7 Å². The predicted octanol–water partition coefficient (Wildman–Crippen LogP) is -1.34. The van der Waals surface area contributed by atoms with Crippen molar-refractivity contribution < 1.29 is 55.7 Å². The van der Waals surface area contributed by atoms with Crippen molar-refractivity contribution in [3.8, 4) is 0 Å². The Labute approximate surface area is 103 Å². The van der Waals surface area contributed by atoms with E-state index in [-0.39, 0.29) is 48.8 Å². The molecule has 14 heavy (non-hydrogen) atoms. The standard InChI is InChI=1S/C6H11F3O3S.Na/c7-6(8,9)4-2-1-3-5-13(10,11)12;/h1-5H2,(H,10,11,12);/q;+1/p-1. The predicted molar refractivity (Wildman–Crippen MR) is 39.1 cm³/mol. The van der Waals surface area contributed by atoms with Gasteiger partial charge in [-0.15, -0.1) is 0 Å². The van der Waals surface area contributed by atoms with Crippen molar-refractivity contribution in [2.75, 3.05) is 5.75 Å². The number of alkyl halides is 3. The fourth-order valence-electron chi connectivity index (χ4n) is 0.781. The van der Waals surface area contributed by atoms with Gasteiger partial charge in [-0.25, -0.2) is 8.42 Å². The monoisotopic (exact) mass is 242 g/mol. The Morgan fingerprint density at radius 1 is 1.07 bits per heavy atom. The maximum absolute atomic E-state index is 11.5. The zero-order valence-corrected chi connectivity index (χ0v) is 10.6. The molecule has 0 aromatic rings. The van der Waals surface area contributed by atoms with E-state index in [9.17, 15) is 26.1 Å². The summed E-state index contributed by atoms with van der Waals surface area (Å²) in [6.45, 7) is 0. The summed E-state index contributed by atoms with van der Waals surface area (Å²) in [4.78, 5) is 0. The average Bonchev–Trinajstić information content (AvgIpc) is 1.81. The first-order chi connectivity index (χ1) is 5.71. The third kappa shape index (κ3) is 15.2. The van der Waals surface area contributed by atoms with Gasteiger partial charge in [-0.2, -0.15) is 13.2 Å². The Morgan fingerprint density at radius 2 is 1.57 bits per heavy atom. The van der Waals surface area contributed by atoms with Crippen LogP contribution in [0.25, 0.3) is 0 Å². The molecule has 0 aliphatic rings. The van der Waals surface area contributed by atoms with Crippen molar-refractivity contribution in [2.24, 2.45) is 0 Å². The second kappa shape index (κ2) is 7.05. The SMILES string of the molecule is O=S(=O)([O-])CCCCCC(F)(F)F.[Na+]. The molecular weight excluding hydrogens is 232 g/mol. The number of rotatable bonds is 5. The van der Waals surface area contributed by atoms with Crippen LogP contribution in [0.2, 0.25) is 0 Å². The van der Waals surface area contributed by atoms with Gasteiger partial charge < -0.3 is 4.55 Å². The molecule has 0 aromatic carbocycles. The average molecular weight is 242 g/mol. The molecule has 0 aliphatic carbocycles. The summed E-state index contributed by atoms with van der Waals surface area (Å²) in [6, 6.07) is 0. The van der Waals surface area contributed by atoms with Crippen molar-refractivity contribution >= 4 is 10.1 Å². The quantitative estimate of drug-likeness (QED) is 0.340. The Balaban J connectivity index is 0. The van der Waals surface area contributed by atoms with Gasteiger partial charge in [0.15, 0.2) is 0 Å². The van der Waals surface area contributed by atoms with E-state index in [1.165, 1.54) is 0 Å². The largest absolute Gasteiger partial charge is 1.00 e. The molecule has 0 spiro atoms. The van der Waals surface area contributed by atoms with Crippen molar-refractivity contribution in [1.29, 1.82) is 0 Å². The Morgan fingerprint density at radius 3 is 1.93 bits per heavy atom. The van der Waals surface area contributed by atoms with Crippen LogP contribution in [0.3, 0.4) is 0 Å². The van der Waals surface area contributed by atoms with Crippen molar-refractivity contribution in [2.45, 2.75) is 31.9 Å². The summed E-state index contributed by atoms with van der Waals surface area (Å²) in [5.41, 5.74) is 0. The molecule has 0 saturated heterocycles. The van der Waals surface area contributed by atoms with Crippen LogP contribution >= 0.6 is 0 Å². The fourth-order valence-corrected chi connectivity index (χ4v) is 1.34. The molecule has 0 N–H and O–H groups in total. The summed E-state index contributed by atoms with van der Waals surface area (Å²) in [5, 5.41) is 0. The molecule has 3 nitrogen and oxygen atoms in total. The van der Waals surface area contributed by atoms with Gasteiger partial charge in [-0.1, -0.05) is 6.42 Å². The molecule has 0 amide bonds. The first-order valence-corrected chi connectivity index (χ1v) is 5.29. The molecule has 0 radical (unpaired) electrons. The number of unbranched alkanes of at least 4 members (excludes halogenated alkanes) is 2. The summed E-state index contributed by atoms with van der Waals surface area (Å²) < 4.78 is 64.7. The summed E-state index contributed by atoms with van der Waals surface area (Å²) in [7, 11) is -4.27. The van der Waals surface area contributed by atoms with Crippen LogP contribution in [-0.4, -0.2) is 24.9 Å². The minimum atomic E-state index is -4.27. The molecule has 0 saturated carbocycles. The molecule has 0 unspecified atom stereocenters. The van der Waals surface area contributed by atoms with E-state index < -0.39 is 28.5 Å². The maximum Gasteiger partial charge on any atom is 1.00 e. The van der Waals surface area contributed by atoms with Crippen LogP contribution in [-0.2, 0) is 10.1 Å². The molecule has 0 aliphatic heterocycles. The van der Waals surface area contributed by atoms with Gasteiger partial charge in [0.2, 0.25) is 0 Å². The Kier molecular flexibility index (Phi) is 8.62. The van der Waals surface area contributed by atoms with Gasteiger partial charge in [0, 0.05) is 12.2 Å². The minimum absolute atomic E-state index is 0. The second-order valence-electron chi connectivity index (χ2n) is 2.69. The molecular formula is C6H10F3NaO3S. The van der Waals surface area contributed by atoms with Crippen LogP contribution in [0.4, 0.5) is 13.2 Å². The second-order valence-corrected chi connectivity index (χ2v) is 4.21. The van der Waals surface area contributed by atoms with Crippen molar-refractivity contribution in [1.82, 2.24) is 0 Å². The van der Waals surface area contributed by atoms with E-state index >= 15 is 0 Å². The third-order valence-electron chi connectivity index (χ3n) is 1.35. The first-order valence-electron chi connectivity index (χ1n) is 3.71. The van der Waals surface area contributed by atoms with Gasteiger partial charge in [0.05, 0.1) is 10.1 Å². The maximum atomic E-state index is 11.5. The van der Waals surface area contributed by atoms with E-state index in [4.69, 9.17) is 0 Å². The Bertz CT molecular complexity index is 237. The zero-order chi connectivity index (χ0) is 10.5. The van der Waals surface area contributed by atoms with E-state index in [1.54, 1.807) is 0 Å². The molecule has 0 fully saturated rings. The first kappa shape index (κ1) is 17.1. The van der Waals surface area contributed by atoms with Crippen molar-refractivity contribution in [3.05, 3.63) is 0 Å². The summed E-state index contributed by atoms with van der Waals surface area (Å²) in [6.07, 6.45) is -5.13. The smallest absolute Gasteiger partial charge is 0.748 e. The van der Waals surface area contributed by atoms with Gasteiger partial charge in [-0.3, -0.25) is 0 Å². The molecule has 0 aromatic heterocycles. The minimum Gasteiger partial charge on any atom is -0.748 e. The van der Waals surface area contributed by atoms with Crippen LogP contribution in [0, 0.1) is 0 Å². The fraction of sp³-hybridized carbons (Fsp3) is 1.00. The van der Waals surface area contributed by atoms with Gasteiger partial charge >= 0.3 is 35.7 Å². The molecule has 0 atom stereocenters. The van der Waals surface area contributed by atoms with Crippen molar-refractivity contribution in [3.63, 3.8) is 0 Å². The number of hydrogen-bond donors (Lipinski definition) is 0. The third-order valence-corrected chi connectivity index (χ3v) is 2.14. The van der Waals surface area contributed by atoms with E-state index in [1.807, 2.05) is 0 Å². The summed E-state index contributed by atoms with van der Waals surface area (Å²) >= 11 is 0. The molecule has 80 valence electrons. The van der Waals surface area contributed by atoms with E-state index in [0.717, 1.165) is 0 Å². The van der Waals surface area contributed by atoms with Crippen LogP contribution in [0.15, 0.2) is 0 Å². The molecule has 8 heteroatoms. The zero-order valence-electron chi connectivity index (χ0n) is 7.80. The summed E-state index contributed by atoms with van der Waals surface area (Å²) in [5.74, 6) is -0.579. The Hall–Kier alpha value is 0.700. The number of hydrogen-bond acceptors (Lipinski definition) is 3. The van der Waals surface area contributed by atoms with Gasteiger partial charge in [0.25, 0.3) is 0 Å². The molecule has 0 bridgehead atoms. The number of halogens is 3. The van der Waals surface area contributed by atoms with Gasteiger partial charge in [-0.05, 0) is 12.8 Å². The molecule has 0 heterocycles. The topological polar surface area (TPSA) is 57.2 Å². The van der Waals surface area contributed by atoms with Crippen LogP contribution < -0.4 is 29.6 Å².